The van der Waals surface area contributed by atoms with Gasteiger partial charge in [0.1, 0.15) is 6.10 Å². The number of carbonyl (C=O) groups is 2. The van der Waals surface area contributed by atoms with Gasteiger partial charge in [-0.1, -0.05) is 37.1 Å². The van der Waals surface area contributed by atoms with Crippen LogP contribution in [-0.2, 0) is 14.3 Å². The molecule has 0 amide bonds. The van der Waals surface area contributed by atoms with E-state index in [-0.39, 0.29) is 29.5 Å². The number of rotatable bonds is 2. The van der Waals surface area contributed by atoms with E-state index in [1.807, 2.05) is 26.8 Å². The quantitative estimate of drug-likeness (QED) is 0.476. The van der Waals surface area contributed by atoms with Crippen molar-refractivity contribution in [2.75, 3.05) is 0 Å². The van der Waals surface area contributed by atoms with Gasteiger partial charge in [0.25, 0.3) is 0 Å². The van der Waals surface area contributed by atoms with Gasteiger partial charge in [0, 0.05) is 23.3 Å². The minimum atomic E-state index is -1.15. The molecule has 180 valence electrons. The number of cyclic esters (lactones) is 1. The third kappa shape index (κ3) is 2.72. The Kier molecular flexibility index (Phi) is 4.99. The van der Waals surface area contributed by atoms with Gasteiger partial charge in [-0.3, -0.25) is 4.79 Å². The lowest BCUT2D eigenvalue weighted by molar-refractivity contribution is -0.233. The van der Waals surface area contributed by atoms with Crippen LogP contribution in [-0.4, -0.2) is 39.3 Å². The first-order chi connectivity index (χ1) is 15.4. The highest BCUT2D eigenvalue weighted by molar-refractivity contribution is 5.98. The third-order valence-electron chi connectivity index (χ3n) is 11.0. The molecular formula is C28H38O5. The van der Waals surface area contributed by atoms with Gasteiger partial charge in [-0.05, 0) is 77.2 Å². The fourth-order valence-electron chi connectivity index (χ4n) is 8.40. The maximum atomic E-state index is 13.1. The number of hydrogen-bond donors (Lipinski definition) is 2. The molecule has 2 N–H and O–H groups in total. The summed E-state index contributed by atoms with van der Waals surface area (Å²) in [6.45, 7) is 9.83. The smallest absolute Gasteiger partial charge is 0.333 e. The molecule has 0 aromatic heterocycles. The molecular weight excluding hydrogens is 416 g/mol. The van der Waals surface area contributed by atoms with E-state index in [4.69, 9.17) is 4.74 Å². The van der Waals surface area contributed by atoms with Crippen LogP contribution >= 0.6 is 0 Å². The maximum Gasteiger partial charge on any atom is 0.333 e. The van der Waals surface area contributed by atoms with Crippen LogP contribution in [0.4, 0.5) is 0 Å². The molecule has 1 aliphatic heterocycles. The number of fused-ring (bicyclic) bond motifs is 5. The zero-order valence-electron chi connectivity index (χ0n) is 20.6. The Bertz CT molecular complexity index is 1010. The van der Waals surface area contributed by atoms with Crippen molar-refractivity contribution in [3.63, 3.8) is 0 Å². The largest absolute Gasteiger partial charge is 0.458 e. The fourth-order valence-corrected chi connectivity index (χ4v) is 8.40. The summed E-state index contributed by atoms with van der Waals surface area (Å²) in [4.78, 5) is 25.5. The van der Waals surface area contributed by atoms with E-state index in [0.29, 0.717) is 31.3 Å². The average molecular weight is 455 g/mol. The summed E-state index contributed by atoms with van der Waals surface area (Å²) in [5, 5.41) is 24.6. The van der Waals surface area contributed by atoms with Gasteiger partial charge >= 0.3 is 5.97 Å². The lowest BCUT2D eigenvalue weighted by Crippen LogP contribution is -2.66. The molecule has 4 aliphatic carbocycles. The third-order valence-corrected chi connectivity index (χ3v) is 11.0. The van der Waals surface area contributed by atoms with Gasteiger partial charge in [0.15, 0.2) is 5.78 Å². The standard InChI is InChI=1S/C28H38O5/c1-16-15-22(33-24(30)17(16)2)18(3)27(31)13-14-28(32)21-10-9-19-7-6-8-23(29)26(19,5)20(21)11-12-25(27,28)4/h6,8-9,18,20-22,31-32H,7,10-15H2,1-5H3/t18-,20+,21-,22-,25-,26+,27-,28-/m1/s1. The summed E-state index contributed by atoms with van der Waals surface area (Å²) in [5.74, 6) is -0.451. The predicted octanol–water partition coefficient (Wildman–Crippen LogP) is 4.43. The van der Waals surface area contributed by atoms with Crippen LogP contribution in [0.15, 0.2) is 34.9 Å². The highest BCUT2D eigenvalue weighted by Gasteiger charge is 2.73. The fraction of sp³-hybridized carbons (Fsp3) is 0.714. The molecule has 0 saturated heterocycles. The van der Waals surface area contributed by atoms with Gasteiger partial charge < -0.3 is 14.9 Å². The first-order valence-electron chi connectivity index (χ1n) is 12.6. The van der Waals surface area contributed by atoms with E-state index in [2.05, 4.69) is 13.0 Å². The van der Waals surface area contributed by atoms with Crippen LogP contribution in [0.25, 0.3) is 0 Å². The van der Waals surface area contributed by atoms with Crippen molar-refractivity contribution in [1.82, 2.24) is 0 Å². The minimum Gasteiger partial charge on any atom is -0.458 e. The molecule has 1 heterocycles. The second-order valence-electron chi connectivity index (χ2n) is 11.9. The molecule has 2 saturated carbocycles. The Labute approximate surface area is 197 Å². The Morgan fingerprint density at radius 2 is 1.82 bits per heavy atom. The van der Waals surface area contributed by atoms with Gasteiger partial charge in [0.05, 0.1) is 16.6 Å². The highest BCUT2D eigenvalue weighted by atomic mass is 16.5. The number of ketones is 1. The van der Waals surface area contributed by atoms with Gasteiger partial charge in [-0.2, -0.15) is 0 Å². The van der Waals surface area contributed by atoms with Crippen molar-refractivity contribution in [3.8, 4) is 0 Å². The summed E-state index contributed by atoms with van der Waals surface area (Å²) in [7, 11) is 0. The van der Waals surface area contributed by atoms with Crippen LogP contribution < -0.4 is 0 Å². The first-order valence-corrected chi connectivity index (χ1v) is 12.6. The molecule has 0 bridgehead atoms. The topological polar surface area (TPSA) is 83.8 Å². The van der Waals surface area contributed by atoms with E-state index in [9.17, 15) is 19.8 Å². The van der Waals surface area contributed by atoms with E-state index in [0.717, 1.165) is 24.8 Å². The molecule has 5 rings (SSSR count). The lowest BCUT2D eigenvalue weighted by atomic mass is 9.45. The molecule has 8 atom stereocenters. The van der Waals surface area contributed by atoms with Gasteiger partial charge in [-0.15, -0.1) is 0 Å². The highest BCUT2D eigenvalue weighted by Crippen LogP contribution is 2.69. The zero-order chi connectivity index (χ0) is 24.0. The van der Waals surface area contributed by atoms with Gasteiger partial charge in [-0.25, -0.2) is 4.79 Å². The van der Waals surface area contributed by atoms with E-state index in [1.165, 1.54) is 5.57 Å². The molecule has 5 heteroatoms. The summed E-state index contributed by atoms with van der Waals surface area (Å²) in [5.41, 5.74) is -0.641. The molecule has 0 aromatic rings. The summed E-state index contributed by atoms with van der Waals surface area (Å²) < 4.78 is 5.77. The van der Waals surface area contributed by atoms with E-state index < -0.39 is 28.1 Å². The van der Waals surface area contributed by atoms with Crippen molar-refractivity contribution in [2.45, 2.75) is 96.9 Å². The number of aliphatic hydroxyl groups is 2. The van der Waals surface area contributed by atoms with Crippen LogP contribution in [0.1, 0.15) is 79.6 Å². The van der Waals surface area contributed by atoms with Crippen molar-refractivity contribution in [1.29, 1.82) is 0 Å². The first kappa shape index (κ1) is 23.0. The van der Waals surface area contributed by atoms with E-state index in [1.54, 1.807) is 13.0 Å². The number of carbonyl (C=O) groups excluding carboxylic acids is 2. The molecule has 0 spiro atoms. The van der Waals surface area contributed by atoms with Crippen molar-refractivity contribution in [3.05, 3.63) is 34.9 Å². The monoisotopic (exact) mass is 454 g/mol. The van der Waals surface area contributed by atoms with Crippen LogP contribution in [0, 0.1) is 28.6 Å². The Morgan fingerprint density at radius 1 is 1.09 bits per heavy atom. The van der Waals surface area contributed by atoms with Crippen LogP contribution in [0.2, 0.25) is 0 Å². The molecule has 5 aliphatic rings. The number of esters is 1. The Hall–Kier alpha value is -1.72. The van der Waals surface area contributed by atoms with Crippen molar-refractivity contribution >= 4 is 11.8 Å². The average Bonchev–Trinajstić information content (AvgIpc) is 3.00. The predicted molar refractivity (Wildman–Crippen MR) is 125 cm³/mol. The normalized spacial score (nSPS) is 48.0. The molecule has 0 unspecified atom stereocenters. The number of allylic oxidation sites excluding steroid dienone is 4. The van der Waals surface area contributed by atoms with Crippen molar-refractivity contribution < 1.29 is 24.5 Å². The molecule has 5 nitrogen and oxygen atoms in total. The second kappa shape index (κ2) is 7.14. The maximum absolute atomic E-state index is 13.1. The lowest BCUT2D eigenvalue weighted by Gasteiger charge is -2.62. The second-order valence-corrected chi connectivity index (χ2v) is 11.9. The molecule has 0 aromatic carbocycles. The Morgan fingerprint density at radius 3 is 2.52 bits per heavy atom. The van der Waals surface area contributed by atoms with Crippen LogP contribution in [0.3, 0.4) is 0 Å². The van der Waals surface area contributed by atoms with Gasteiger partial charge in [0.2, 0.25) is 0 Å². The number of ether oxygens (including phenoxy) is 1. The van der Waals surface area contributed by atoms with Crippen molar-refractivity contribution in [2.24, 2.45) is 28.6 Å². The summed E-state index contributed by atoms with van der Waals surface area (Å²) >= 11 is 0. The zero-order valence-corrected chi connectivity index (χ0v) is 20.6. The molecule has 2 fully saturated rings. The van der Waals surface area contributed by atoms with E-state index >= 15 is 0 Å². The summed E-state index contributed by atoms with van der Waals surface area (Å²) in [6.07, 6.45) is 10.1. The Balaban J connectivity index is 1.50. The van der Waals surface area contributed by atoms with Crippen LogP contribution in [0.5, 0.6) is 0 Å². The molecule has 0 radical (unpaired) electrons. The molecule has 33 heavy (non-hydrogen) atoms. The number of hydrogen-bond acceptors (Lipinski definition) is 5. The minimum absolute atomic E-state index is 0.0699. The summed E-state index contributed by atoms with van der Waals surface area (Å²) in [6, 6.07) is 0. The SMILES string of the molecule is CC1=C(C)C(=O)O[C@@H]([C@@H](C)[C@]2(O)CC[C@@]3(O)[C@@H]4CC=C5CC=CC(=O)[C@]5(C)[C@H]4CC[C@]23C)C1.